The fourth-order valence-corrected chi connectivity index (χ4v) is 4.33. The van der Waals surface area contributed by atoms with E-state index >= 15 is 0 Å². The van der Waals surface area contributed by atoms with Gasteiger partial charge in [-0.25, -0.2) is 0 Å². The quantitative estimate of drug-likeness (QED) is 0.727. The molecule has 0 unspecified atom stereocenters. The van der Waals surface area contributed by atoms with Crippen LogP contribution < -0.4 is 14.8 Å². The van der Waals surface area contributed by atoms with Crippen LogP contribution in [0.1, 0.15) is 29.5 Å². The van der Waals surface area contributed by atoms with Crippen molar-refractivity contribution in [3.05, 3.63) is 64.1 Å². The number of benzene rings is 2. The topological polar surface area (TPSA) is 30.5 Å². The normalized spacial score (nSPS) is 24.0. The van der Waals surface area contributed by atoms with E-state index in [-0.39, 0.29) is 6.04 Å². The number of hydrogen-bond donors (Lipinski definition) is 1. The van der Waals surface area contributed by atoms with E-state index in [9.17, 15) is 0 Å². The first-order chi connectivity index (χ1) is 11.7. The van der Waals surface area contributed by atoms with Gasteiger partial charge in [0.25, 0.3) is 0 Å². The molecule has 0 spiro atoms. The molecular formula is C20H20BrNO2. The lowest BCUT2D eigenvalue weighted by Crippen LogP contribution is -2.29. The Morgan fingerprint density at radius 3 is 2.71 bits per heavy atom. The summed E-state index contributed by atoms with van der Waals surface area (Å²) in [6.07, 6.45) is 5.69. The van der Waals surface area contributed by atoms with E-state index in [2.05, 4.69) is 51.6 Å². The largest absolute Gasteiger partial charge is 0.497 e. The predicted octanol–water partition coefficient (Wildman–Crippen LogP) is 5.29. The number of fused-ring (bicyclic) bond motifs is 3. The number of allylic oxidation sites excluding steroid dienone is 2. The SMILES string of the molecule is COc1ccc2c(c1)[C@@H]1C=CC[C@@H]1[C@H](c1cc(Br)ccc1OC)N2. The summed E-state index contributed by atoms with van der Waals surface area (Å²) in [7, 11) is 3.45. The molecule has 0 radical (unpaired) electrons. The van der Waals surface area contributed by atoms with Gasteiger partial charge in [-0.05, 0) is 54.3 Å². The molecule has 0 fully saturated rings. The van der Waals surface area contributed by atoms with E-state index in [1.165, 1.54) is 16.8 Å². The number of hydrogen-bond acceptors (Lipinski definition) is 3. The maximum absolute atomic E-state index is 5.63. The van der Waals surface area contributed by atoms with E-state index in [0.29, 0.717) is 11.8 Å². The average Bonchev–Trinajstić information content (AvgIpc) is 3.10. The molecule has 124 valence electrons. The van der Waals surface area contributed by atoms with Crippen molar-refractivity contribution in [3.8, 4) is 11.5 Å². The molecule has 0 saturated carbocycles. The van der Waals surface area contributed by atoms with Crippen molar-refractivity contribution in [2.24, 2.45) is 5.92 Å². The van der Waals surface area contributed by atoms with Crippen molar-refractivity contribution in [2.75, 3.05) is 19.5 Å². The van der Waals surface area contributed by atoms with E-state index in [1.54, 1.807) is 14.2 Å². The average molecular weight is 386 g/mol. The number of anilines is 1. The van der Waals surface area contributed by atoms with Crippen LogP contribution in [0.25, 0.3) is 0 Å². The van der Waals surface area contributed by atoms with Gasteiger partial charge in [-0.1, -0.05) is 28.1 Å². The standard InChI is InChI=1S/C20H20BrNO2/c1-23-13-7-8-18-16(11-13)14-4-3-5-15(14)20(22-18)17-10-12(21)6-9-19(17)24-2/h3-4,6-11,14-15,20,22H,5H2,1-2H3/t14-,15+,20-/m1/s1. The van der Waals surface area contributed by atoms with Crippen LogP contribution in [-0.4, -0.2) is 14.2 Å². The molecule has 2 aliphatic rings. The lowest BCUT2D eigenvalue weighted by Gasteiger charge is -2.38. The Morgan fingerprint density at radius 2 is 1.92 bits per heavy atom. The third kappa shape index (κ3) is 2.49. The van der Waals surface area contributed by atoms with Crippen LogP contribution in [0.15, 0.2) is 53.0 Å². The summed E-state index contributed by atoms with van der Waals surface area (Å²) in [5, 5.41) is 3.74. The molecule has 3 nitrogen and oxygen atoms in total. The van der Waals surface area contributed by atoms with Crippen LogP contribution in [0, 0.1) is 5.92 Å². The lowest BCUT2D eigenvalue weighted by molar-refractivity contribution is 0.379. The highest BCUT2D eigenvalue weighted by atomic mass is 79.9. The van der Waals surface area contributed by atoms with Crippen molar-refractivity contribution in [2.45, 2.75) is 18.4 Å². The number of nitrogens with one attached hydrogen (secondary N) is 1. The Balaban J connectivity index is 1.80. The van der Waals surface area contributed by atoms with Gasteiger partial charge in [0, 0.05) is 21.6 Å². The number of halogens is 1. The summed E-state index contributed by atoms with van der Waals surface area (Å²) in [5.74, 6) is 2.73. The van der Waals surface area contributed by atoms with Gasteiger partial charge in [-0.15, -0.1) is 0 Å². The summed E-state index contributed by atoms with van der Waals surface area (Å²) in [6, 6.07) is 12.7. The maximum atomic E-state index is 5.63. The van der Waals surface area contributed by atoms with E-state index < -0.39 is 0 Å². The molecule has 2 aromatic rings. The summed E-state index contributed by atoms with van der Waals surface area (Å²) >= 11 is 3.60. The monoisotopic (exact) mass is 385 g/mol. The van der Waals surface area contributed by atoms with Gasteiger partial charge in [-0.2, -0.15) is 0 Å². The second kappa shape index (κ2) is 6.17. The van der Waals surface area contributed by atoms with Gasteiger partial charge in [-0.3, -0.25) is 0 Å². The minimum atomic E-state index is 0.221. The molecule has 1 N–H and O–H groups in total. The van der Waals surface area contributed by atoms with Crippen LogP contribution in [0.3, 0.4) is 0 Å². The van der Waals surface area contributed by atoms with E-state index in [4.69, 9.17) is 9.47 Å². The molecule has 1 heterocycles. The zero-order valence-electron chi connectivity index (χ0n) is 13.8. The zero-order valence-corrected chi connectivity index (χ0v) is 15.3. The zero-order chi connectivity index (χ0) is 16.7. The highest BCUT2D eigenvalue weighted by molar-refractivity contribution is 9.10. The predicted molar refractivity (Wildman–Crippen MR) is 100 cm³/mol. The second-order valence-electron chi connectivity index (χ2n) is 6.31. The third-order valence-corrected chi connectivity index (χ3v) is 5.59. The number of ether oxygens (including phenoxy) is 2. The van der Waals surface area contributed by atoms with Crippen LogP contribution in [0.4, 0.5) is 5.69 Å². The first kappa shape index (κ1) is 15.6. The van der Waals surface area contributed by atoms with E-state index in [1.807, 2.05) is 18.2 Å². The molecule has 4 rings (SSSR count). The van der Waals surface area contributed by atoms with Gasteiger partial charge in [0.15, 0.2) is 0 Å². The van der Waals surface area contributed by atoms with Crippen LogP contribution >= 0.6 is 15.9 Å². The molecule has 0 amide bonds. The first-order valence-electron chi connectivity index (χ1n) is 8.16. The lowest BCUT2D eigenvalue weighted by atomic mass is 9.77. The molecule has 4 heteroatoms. The Bertz CT molecular complexity index is 802. The second-order valence-corrected chi connectivity index (χ2v) is 7.23. The summed E-state index contributed by atoms with van der Waals surface area (Å²) in [6.45, 7) is 0. The number of rotatable bonds is 3. The van der Waals surface area contributed by atoms with Gasteiger partial charge in [0.2, 0.25) is 0 Å². The Labute approximate surface area is 150 Å². The molecule has 2 aromatic carbocycles. The van der Waals surface area contributed by atoms with Crippen LogP contribution in [0.2, 0.25) is 0 Å². The molecular weight excluding hydrogens is 366 g/mol. The van der Waals surface area contributed by atoms with Gasteiger partial charge >= 0.3 is 0 Å². The Morgan fingerprint density at radius 1 is 1.04 bits per heavy atom. The molecule has 0 aromatic heterocycles. The Kier molecular flexibility index (Phi) is 4.01. The van der Waals surface area contributed by atoms with Crippen LogP contribution in [-0.2, 0) is 0 Å². The highest BCUT2D eigenvalue weighted by Gasteiger charge is 2.39. The molecule has 3 atom stereocenters. The Hall–Kier alpha value is -1.94. The van der Waals surface area contributed by atoms with Gasteiger partial charge < -0.3 is 14.8 Å². The summed E-state index contributed by atoms with van der Waals surface area (Å²) < 4.78 is 12.1. The highest BCUT2D eigenvalue weighted by Crippen LogP contribution is 2.52. The number of methoxy groups -OCH3 is 2. The molecule has 24 heavy (non-hydrogen) atoms. The van der Waals surface area contributed by atoms with Gasteiger partial charge in [0.1, 0.15) is 11.5 Å². The van der Waals surface area contributed by atoms with Crippen molar-refractivity contribution in [1.29, 1.82) is 0 Å². The summed E-state index contributed by atoms with van der Waals surface area (Å²) in [5.41, 5.74) is 3.70. The smallest absolute Gasteiger partial charge is 0.124 e. The molecule has 0 bridgehead atoms. The minimum absolute atomic E-state index is 0.221. The fraction of sp³-hybridized carbons (Fsp3) is 0.300. The molecule has 0 saturated heterocycles. The van der Waals surface area contributed by atoms with Crippen molar-refractivity contribution in [1.82, 2.24) is 0 Å². The molecule has 1 aliphatic carbocycles. The van der Waals surface area contributed by atoms with Crippen molar-refractivity contribution in [3.63, 3.8) is 0 Å². The fourth-order valence-electron chi connectivity index (χ4n) is 3.96. The minimum Gasteiger partial charge on any atom is -0.497 e. The van der Waals surface area contributed by atoms with Crippen LogP contribution in [0.5, 0.6) is 11.5 Å². The maximum Gasteiger partial charge on any atom is 0.124 e. The molecule has 1 aliphatic heterocycles. The summed E-state index contributed by atoms with van der Waals surface area (Å²) in [4.78, 5) is 0. The van der Waals surface area contributed by atoms with E-state index in [0.717, 1.165) is 22.4 Å². The van der Waals surface area contributed by atoms with Gasteiger partial charge in [0.05, 0.1) is 20.3 Å². The van der Waals surface area contributed by atoms with Crippen molar-refractivity contribution >= 4 is 21.6 Å². The van der Waals surface area contributed by atoms with Crippen molar-refractivity contribution < 1.29 is 9.47 Å². The first-order valence-corrected chi connectivity index (χ1v) is 8.95. The third-order valence-electron chi connectivity index (χ3n) is 5.10.